The Hall–Kier alpha value is -1.85. The number of nitrogens with zero attached hydrogens (tertiary/aromatic N) is 3. The highest BCUT2D eigenvalue weighted by Crippen LogP contribution is 2.42. The summed E-state index contributed by atoms with van der Waals surface area (Å²) in [7, 11) is 0. The number of carbonyl (C=O) groups is 1. The van der Waals surface area contributed by atoms with Gasteiger partial charge in [-0.3, -0.25) is 9.67 Å². The highest BCUT2D eigenvalue weighted by atomic mass is 35.5. The van der Waals surface area contributed by atoms with Gasteiger partial charge in [0.2, 0.25) is 0 Å². The van der Waals surface area contributed by atoms with Gasteiger partial charge in [-0.15, -0.1) is 0 Å². The van der Waals surface area contributed by atoms with E-state index in [0.29, 0.717) is 28.5 Å². The second kappa shape index (κ2) is 6.57. The number of fused-ring (bicyclic) bond motifs is 1. The summed E-state index contributed by atoms with van der Waals surface area (Å²) in [6.45, 7) is 4.29. The minimum absolute atomic E-state index is 0.0990. The highest BCUT2D eigenvalue weighted by Gasteiger charge is 2.29. The topological polar surface area (TPSA) is 68.0 Å². The van der Waals surface area contributed by atoms with Crippen LogP contribution in [0, 0.1) is 5.92 Å². The van der Waals surface area contributed by atoms with E-state index in [0.717, 1.165) is 5.57 Å². The molecule has 1 saturated carbocycles. The molecule has 5 nitrogen and oxygen atoms in total. The molecular formula is C17H17Cl2N3O2. The molecule has 0 amide bonds. The number of hydrogen-bond acceptors (Lipinski definition) is 3. The Labute approximate surface area is 149 Å². The predicted octanol–water partition coefficient (Wildman–Crippen LogP) is 4.65. The number of halogens is 2. The number of allylic oxidation sites excluding steroid dienone is 4. The lowest BCUT2D eigenvalue weighted by Crippen LogP contribution is -2.08. The minimum Gasteiger partial charge on any atom is -0.478 e. The third kappa shape index (κ3) is 3.19. The molecule has 126 valence electrons. The molecule has 2 heterocycles. The van der Waals surface area contributed by atoms with Crippen molar-refractivity contribution in [1.29, 1.82) is 0 Å². The fraction of sp³-hybridized carbons (Fsp3) is 0.353. The number of carboxylic acid groups (broad SMARTS) is 1. The van der Waals surface area contributed by atoms with E-state index >= 15 is 0 Å². The maximum atomic E-state index is 11.2. The van der Waals surface area contributed by atoms with Crippen LogP contribution in [0.3, 0.4) is 0 Å². The van der Waals surface area contributed by atoms with Crippen LogP contribution in [0.4, 0.5) is 0 Å². The van der Waals surface area contributed by atoms with Crippen molar-refractivity contribution >= 4 is 40.2 Å². The maximum absolute atomic E-state index is 11.2. The van der Waals surface area contributed by atoms with Crippen LogP contribution in [0.25, 0.3) is 11.0 Å². The van der Waals surface area contributed by atoms with Crippen LogP contribution in [-0.4, -0.2) is 25.8 Å². The van der Waals surface area contributed by atoms with Crippen molar-refractivity contribution in [2.75, 3.05) is 0 Å². The van der Waals surface area contributed by atoms with E-state index < -0.39 is 5.97 Å². The largest absolute Gasteiger partial charge is 0.478 e. The average Bonchev–Trinajstić information content (AvgIpc) is 3.32. The Bertz CT molecular complexity index is 875. The summed E-state index contributed by atoms with van der Waals surface area (Å²) >= 11 is 12.5. The monoisotopic (exact) mass is 365 g/mol. The molecule has 7 heteroatoms. The molecule has 0 spiro atoms. The Morgan fingerprint density at radius 2 is 2.21 bits per heavy atom. The van der Waals surface area contributed by atoms with Gasteiger partial charge in [-0.1, -0.05) is 29.3 Å². The van der Waals surface area contributed by atoms with Gasteiger partial charge in [-0.05, 0) is 49.8 Å². The number of carboxylic acids is 1. The zero-order valence-electron chi connectivity index (χ0n) is 13.4. The predicted molar refractivity (Wildman–Crippen MR) is 94.5 cm³/mol. The van der Waals surface area contributed by atoms with Crippen LogP contribution in [-0.2, 0) is 6.54 Å². The number of pyridine rings is 1. The summed E-state index contributed by atoms with van der Waals surface area (Å²) < 4.78 is 1.67. The van der Waals surface area contributed by atoms with Crippen molar-refractivity contribution in [3.05, 3.63) is 45.2 Å². The normalized spacial score (nSPS) is 16.4. The van der Waals surface area contributed by atoms with E-state index in [-0.39, 0.29) is 10.7 Å². The summed E-state index contributed by atoms with van der Waals surface area (Å²) in [5.74, 6) is -0.492. The Morgan fingerprint density at radius 1 is 1.50 bits per heavy atom. The Kier molecular flexibility index (Phi) is 4.65. The highest BCUT2D eigenvalue weighted by molar-refractivity contribution is 6.33. The lowest BCUT2D eigenvalue weighted by molar-refractivity contribution is 0.0696. The molecule has 0 radical (unpaired) electrons. The molecule has 0 aliphatic heterocycles. The van der Waals surface area contributed by atoms with Gasteiger partial charge < -0.3 is 5.11 Å². The third-order valence-corrected chi connectivity index (χ3v) is 4.68. The van der Waals surface area contributed by atoms with Crippen molar-refractivity contribution in [3.63, 3.8) is 0 Å². The van der Waals surface area contributed by atoms with Gasteiger partial charge in [0.25, 0.3) is 0 Å². The second-order valence-electron chi connectivity index (χ2n) is 5.88. The molecule has 0 bridgehead atoms. The van der Waals surface area contributed by atoms with E-state index in [9.17, 15) is 9.90 Å². The van der Waals surface area contributed by atoms with Crippen molar-refractivity contribution in [2.45, 2.75) is 33.2 Å². The molecular weight excluding hydrogens is 349 g/mol. The van der Waals surface area contributed by atoms with E-state index in [1.54, 1.807) is 4.68 Å². The number of rotatable bonds is 5. The van der Waals surface area contributed by atoms with E-state index in [1.807, 2.05) is 13.8 Å². The number of aromatic nitrogens is 3. The van der Waals surface area contributed by atoms with E-state index in [4.69, 9.17) is 23.2 Å². The van der Waals surface area contributed by atoms with Gasteiger partial charge in [0.05, 0.1) is 17.6 Å². The molecule has 0 atom stereocenters. The number of aromatic carboxylic acids is 1. The fourth-order valence-corrected chi connectivity index (χ4v) is 3.26. The molecule has 2 aromatic heterocycles. The van der Waals surface area contributed by atoms with Crippen molar-refractivity contribution in [1.82, 2.24) is 14.8 Å². The van der Waals surface area contributed by atoms with E-state index in [1.165, 1.54) is 30.7 Å². The van der Waals surface area contributed by atoms with Gasteiger partial charge in [0.15, 0.2) is 5.15 Å². The van der Waals surface area contributed by atoms with Crippen molar-refractivity contribution in [2.24, 2.45) is 5.92 Å². The van der Waals surface area contributed by atoms with Gasteiger partial charge in [0.1, 0.15) is 5.52 Å². The first-order chi connectivity index (χ1) is 11.4. The van der Waals surface area contributed by atoms with Crippen molar-refractivity contribution < 1.29 is 9.90 Å². The van der Waals surface area contributed by atoms with Crippen LogP contribution < -0.4 is 0 Å². The second-order valence-corrected chi connectivity index (χ2v) is 6.80. The molecule has 0 saturated heterocycles. The molecule has 1 aliphatic rings. The molecule has 3 rings (SSSR count). The molecule has 2 aromatic rings. The lowest BCUT2D eigenvalue weighted by Gasteiger charge is -2.14. The van der Waals surface area contributed by atoms with Crippen LogP contribution in [0.5, 0.6) is 0 Å². The summed E-state index contributed by atoms with van der Waals surface area (Å²) in [4.78, 5) is 15.3. The summed E-state index contributed by atoms with van der Waals surface area (Å²) in [5, 5.41) is 14.5. The van der Waals surface area contributed by atoms with Gasteiger partial charge in [-0.25, -0.2) is 4.79 Å². The number of hydrogen-bond donors (Lipinski definition) is 1. The third-order valence-electron chi connectivity index (χ3n) is 4.20. The smallest absolute Gasteiger partial charge is 0.337 e. The zero-order valence-corrected chi connectivity index (χ0v) is 14.9. The Morgan fingerprint density at radius 3 is 2.75 bits per heavy atom. The molecule has 24 heavy (non-hydrogen) atoms. The average molecular weight is 366 g/mol. The fourth-order valence-electron chi connectivity index (χ4n) is 2.85. The van der Waals surface area contributed by atoms with Gasteiger partial charge in [0, 0.05) is 11.2 Å². The first-order valence-corrected chi connectivity index (χ1v) is 8.45. The molecule has 1 N–H and O–H groups in total. The maximum Gasteiger partial charge on any atom is 0.337 e. The molecule has 0 unspecified atom stereocenters. The first-order valence-electron chi connectivity index (χ1n) is 7.69. The van der Waals surface area contributed by atoms with Crippen LogP contribution in [0.15, 0.2) is 34.5 Å². The van der Waals surface area contributed by atoms with Gasteiger partial charge >= 0.3 is 5.97 Å². The van der Waals surface area contributed by atoms with Gasteiger partial charge in [-0.2, -0.15) is 5.10 Å². The molecule has 1 fully saturated rings. The standard InChI is InChI=1S/C17H17Cl2N3O2/c1-3-12(10-4-5-10)13(9(2)18)8-22-14-6-11(17(23)24)7-20-15(14)16(19)21-22/h3,6-7,10H,4-5,8H2,1-2H3,(H,23,24)/b12-3-,13-9+. The first kappa shape index (κ1) is 17.0. The van der Waals surface area contributed by atoms with Crippen LogP contribution in [0.1, 0.15) is 37.0 Å². The SMILES string of the molecule is C/C=C(\C(Cn1nc(Cl)c2ncc(C(=O)O)cc21)=C(/C)Cl)C1CC1. The van der Waals surface area contributed by atoms with Crippen molar-refractivity contribution in [3.8, 4) is 0 Å². The lowest BCUT2D eigenvalue weighted by atomic mass is 10.0. The zero-order chi connectivity index (χ0) is 17.4. The summed E-state index contributed by atoms with van der Waals surface area (Å²) in [6.07, 6.45) is 5.71. The summed E-state index contributed by atoms with van der Waals surface area (Å²) in [5.41, 5.74) is 3.40. The minimum atomic E-state index is -1.04. The van der Waals surface area contributed by atoms with Crippen LogP contribution in [0.2, 0.25) is 5.15 Å². The van der Waals surface area contributed by atoms with Crippen LogP contribution >= 0.6 is 23.2 Å². The summed E-state index contributed by atoms with van der Waals surface area (Å²) in [6, 6.07) is 1.54. The van der Waals surface area contributed by atoms with E-state index in [2.05, 4.69) is 16.2 Å². The molecule has 1 aliphatic carbocycles. The Balaban J connectivity index is 2.06. The molecule has 0 aromatic carbocycles. The quantitative estimate of drug-likeness (QED) is 0.782.